The number of carbonyl (C=O) groups is 2. The van der Waals surface area contributed by atoms with Crippen molar-refractivity contribution in [3.8, 4) is 0 Å². The molecule has 10 nitrogen and oxygen atoms in total. The lowest BCUT2D eigenvalue weighted by atomic mass is 10.2. The molecule has 11 heteroatoms. The molecule has 0 rings (SSSR count). The lowest BCUT2D eigenvalue weighted by Gasteiger charge is -2.20. The number of aliphatic hydroxyl groups excluding tert-OH is 2. The number of carbonyl (C=O) groups excluding carboxylic acids is 2. The lowest BCUT2D eigenvalue weighted by molar-refractivity contribution is -0.153. The van der Waals surface area contributed by atoms with Crippen LogP contribution in [0.2, 0.25) is 0 Å². The standard InChI is InChI=1S/C48H75O10P/c1-3-5-7-9-11-13-15-17-19-21-22-24-26-28-30-32-34-36-38-40-48(52)58-46(42-50)44-56-59(53,54)55-43-45(41-49)57-47(51)39-37-35-33-31-29-27-25-23-20-18-16-14-12-10-8-6-4-2/h5,7,11-14,17-20,22,24-25,27-28,30-31,33-34,36,45-46,49-50H,3-4,6,8-10,15-16,21,23,26,29,32,35,37-44H2,1-2H3,(H,53,54)/b7-5-,13-11-,14-12-,19-17-,20-18-,24-22-,27-25-,30-28-,33-31-,36-34-/t45-,46-/m0/s1. The number of rotatable bonds is 38. The van der Waals surface area contributed by atoms with Crippen LogP contribution in [0.15, 0.2) is 122 Å². The number of phosphoric ester groups is 1. The van der Waals surface area contributed by atoms with Crippen molar-refractivity contribution < 1.29 is 47.8 Å². The molecule has 0 aliphatic rings. The fourth-order valence-electron chi connectivity index (χ4n) is 4.90. The molecule has 0 saturated heterocycles. The number of hydrogen-bond donors (Lipinski definition) is 3. The van der Waals surface area contributed by atoms with E-state index in [1.807, 2.05) is 30.4 Å². The minimum atomic E-state index is -4.68. The Bertz CT molecular complexity index is 1390. The van der Waals surface area contributed by atoms with E-state index in [0.29, 0.717) is 19.3 Å². The number of unbranched alkanes of at least 4 members (excludes halogenated alkanes) is 4. The van der Waals surface area contributed by atoms with Crippen LogP contribution in [0.1, 0.15) is 129 Å². The molecule has 0 heterocycles. The van der Waals surface area contributed by atoms with E-state index in [4.69, 9.17) is 18.5 Å². The van der Waals surface area contributed by atoms with E-state index in [2.05, 4.69) is 105 Å². The van der Waals surface area contributed by atoms with Gasteiger partial charge in [0.25, 0.3) is 0 Å². The minimum absolute atomic E-state index is 0.0546. The van der Waals surface area contributed by atoms with Crippen molar-refractivity contribution in [3.05, 3.63) is 122 Å². The summed E-state index contributed by atoms with van der Waals surface area (Å²) >= 11 is 0. The van der Waals surface area contributed by atoms with Crippen LogP contribution >= 0.6 is 7.82 Å². The Labute approximate surface area is 356 Å². The molecule has 332 valence electrons. The van der Waals surface area contributed by atoms with Gasteiger partial charge in [0.05, 0.1) is 26.4 Å². The van der Waals surface area contributed by atoms with Gasteiger partial charge in [-0.05, 0) is 89.9 Å². The molecule has 0 aromatic rings. The number of allylic oxidation sites excluding steroid dienone is 20. The van der Waals surface area contributed by atoms with Crippen LogP contribution < -0.4 is 0 Å². The van der Waals surface area contributed by atoms with Gasteiger partial charge >= 0.3 is 19.8 Å². The SMILES string of the molecule is CC/C=C\C/C=C\C/C=C\C/C=C\C/C=C\C/C=C\CCC(=O)O[C@@H](CO)COP(=O)(O)OC[C@H](CO)OC(=O)CCC/C=C\C/C=C\C/C=C\C/C=C\CCCCC. The largest absolute Gasteiger partial charge is 0.472 e. The summed E-state index contributed by atoms with van der Waals surface area (Å²) in [6.07, 6.45) is 54.8. The number of esters is 2. The monoisotopic (exact) mass is 843 g/mol. The third-order valence-electron chi connectivity index (χ3n) is 8.17. The highest BCUT2D eigenvalue weighted by molar-refractivity contribution is 7.47. The molecule has 0 aliphatic carbocycles. The fourth-order valence-corrected chi connectivity index (χ4v) is 5.68. The van der Waals surface area contributed by atoms with E-state index >= 15 is 0 Å². The van der Waals surface area contributed by atoms with Gasteiger partial charge in [0, 0.05) is 12.8 Å². The molecule has 3 N–H and O–H groups in total. The second kappa shape index (κ2) is 42.5. The van der Waals surface area contributed by atoms with Crippen LogP contribution in [0.25, 0.3) is 0 Å². The number of aliphatic hydroxyl groups is 2. The summed E-state index contributed by atoms with van der Waals surface area (Å²) in [7, 11) is -4.68. The molecule has 0 aromatic heterocycles. The first-order chi connectivity index (χ1) is 28.8. The zero-order valence-corrected chi connectivity index (χ0v) is 36.8. The van der Waals surface area contributed by atoms with Crippen molar-refractivity contribution in [2.75, 3.05) is 26.4 Å². The molecule has 0 fully saturated rings. The van der Waals surface area contributed by atoms with Gasteiger partial charge in [0.1, 0.15) is 12.2 Å². The van der Waals surface area contributed by atoms with E-state index in [-0.39, 0.29) is 12.8 Å². The fraction of sp³-hybridized carbons (Fsp3) is 0.542. The van der Waals surface area contributed by atoms with Crippen LogP contribution in [-0.2, 0) is 32.7 Å². The molecule has 0 radical (unpaired) electrons. The van der Waals surface area contributed by atoms with E-state index in [9.17, 15) is 29.3 Å². The van der Waals surface area contributed by atoms with E-state index < -0.39 is 58.4 Å². The van der Waals surface area contributed by atoms with Gasteiger partial charge in [0.15, 0.2) is 0 Å². The molecule has 0 aromatic carbocycles. The smallest absolute Gasteiger partial charge is 0.457 e. The van der Waals surface area contributed by atoms with Crippen LogP contribution in [0, 0.1) is 0 Å². The molecule has 3 atom stereocenters. The van der Waals surface area contributed by atoms with Crippen LogP contribution in [-0.4, -0.2) is 65.7 Å². The van der Waals surface area contributed by atoms with Crippen molar-refractivity contribution in [2.45, 2.75) is 142 Å². The van der Waals surface area contributed by atoms with Gasteiger partial charge < -0.3 is 24.6 Å². The Morgan fingerprint density at radius 1 is 0.475 bits per heavy atom. The maximum Gasteiger partial charge on any atom is 0.472 e. The molecular weight excluding hydrogens is 767 g/mol. The minimum Gasteiger partial charge on any atom is -0.457 e. The first-order valence-corrected chi connectivity index (χ1v) is 23.0. The molecule has 0 saturated carbocycles. The normalized spacial score (nSPS) is 15.0. The van der Waals surface area contributed by atoms with E-state index in [1.165, 1.54) is 19.3 Å². The Morgan fingerprint density at radius 2 is 0.814 bits per heavy atom. The summed E-state index contributed by atoms with van der Waals surface area (Å²) in [4.78, 5) is 34.5. The Kier molecular flexibility index (Phi) is 39.9. The Balaban J connectivity index is 4.14. The van der Waals surface area contributed by atoms with Crippen molar-refractivity contribution in [2.24, 2.45) is 0 Å². The first kappa shape index (κ1) is 55.4. The van der Waals surface area contributed by atoms with Crippen LogP contribution in [0.4, 0.5) is 0 Å². The summed E-state index contributed by atoms with van der Waals surface area (Å²) in [6, 6.07) is 0. The van der Waals surface area contributed by atoms with Gasteiger partial charge in [-0.15, -0.1) is 0 Å². The summed E-state index contributed by atoms with van der Waals surface area (Å²) < 4.78 is 32.4. The van der Waals surface area contributed by atoms with Gasteiger partial charge in [-0.25, -0.2) is 4.57 Å². The van der Waals surface area contributed by atoms with Crippen molar-refractivity contribution in [1.29, 1.82) is 0 Å². The molecule has 0 aliphatic heterocycles. The molecule has 0 bridgehead atoms. The predicted octanol–water partition coefficient (Wildman–Crippen LogP) is 11.6. The maximum absolute atomic E-state index is 12.4. The van der Waals surface area contributed by atoms with Gasteiger partial charge in [-0.3, -0.25) is 18.6 Å². The topological polar surface area (TPSA) is 149 Å². The molecule has 0 amide bonds. The summed E-state index contributed by atoms with van der Waals surface area (Å²) in [5.41, 5.74) is 0. The summed E-state index contributed by atoms with van der Waals surface area (Å²) in [6.45, 7) is 1.88. The zero-order chi connectivity index (χ0) is 43.3. The van der Waals surface area contributed by atoms with Gasteiger partial charge in [0.2, 0.25) is 0 Å². The third kappa shape index (κ3) is 40.9. The number of phosphoric acid groups is 1. The molecule has 0 spiro atoms. The molecular formula is C48H75O10P. The Hall–Kier alpha value is -3.63. The average Bonchev–Trinajstić information content (AvgIpc) is 3.22. The highest BCUT2D eigenvalue weighted by Gasteiger charge is 2.27. The molecule has 1 unspecified atom stereocenters. The second-order valence-corrected chi connectivity index (χ2v) is 15.0. The highest BCUT2D eigenvalue weighted by atomic mass is 31.2. The Morgan fingerprint density at radius 3 is 1.19 bits per heavy atom. The molecule has 59 heavy (non-hydrogen) atoms. The number of ether oxygens (including phenoxy) is 2. The summed E-state index contributed by atoms with van der Waals surface area (Å²) in [5.74, 6) is -1.18. The maximum atomic E-state index is 12.4. The van der Waals surface area contributed by atoms with E-state index in [1.54, 1.807) is 0 Å². The van der Waals surface area contributed by atoms with Crippen LogP contribution in [0.5, 0.6) is 0 Å². The first-order valence-electron chi connectivity index (χ1n) is 21.5. The van der Waals surface area contributed by atoms with E-state index in [0.717, 1.165) is 64.2 Å². The van der Waals surface area contributed by atoms with Crippen molar-refractivity contribution in [3.63, 3.8) is 0 Å². The highest BCUT2D eigenvalue weighted by Crippen LogP contribution is 2.43. The average molecular weight is 843 g/mol. The third-order valence-corrected chi connectivity index (χ3v) is 9.12. The van der Waals surface area contributed by atoms with Crippen molar-refractivity contribution >= 4 is 19.8 Å². The van der Waals surface area contributed by atoms with Gasteiger partial charge in [-0.2, -0.15) is 0 Å². The summed E-state index contributed by atoms with van der Waals surface area (Å²) in [5, 5.41) is 19.1. The quantitative estimate of drug-likeness (QED) is 0.0237. The van der Waals surface area contributed by atoms with Gasteiger partial charge in [-0.1, -0.05) is 148 Å². The number of hydrogen-bond acceptors (Lipinski definition) is 9. The second-order valence-electron chi connectivity index (χ2n) is 13.6. The van der Waals surface area contributed by atoms with Crippen LogP contribution in [0.3, 0.4) is 0 Å². The predicted molar refractivity (Wildman–Crippen MR) is 242 cm³/mol. The zero-order valence-electron chi connectivity index (χ0n) is 35.9. The lowest BCUT2D eigenvalue weighted by Crippen LogP contribution is -2.28. The van der Waals surface area contributed by atoms with Crippen molar-refractivity contribution in [1.82, 2.24) is 0 Å².